The quantitative estimate of drug-likeness (QED) is 0.588. The third-order valence-electron chi connectivity index (χ3n) is 3.87. The van der Waals surface area contributed by atoms with Crippen LogP contribution in [0.2, 0.25) is 0 Å². The summed E-state index contributed by atoms with van der Waals surface area (Å²) in [4.78, 5) is 27.6. The highest BCUT2D eigenvalue weighted by atomic mass is 16.6. The summed E-state index contributed by atoms with van der Waals surface area (Å²) in [7, 11) is 0. The third kappa shape index (κ3) is 3.23. The van der Waals surface area contributed by atoms with Gasteiger partial charge in [-0.25, -0.2) is 19.7 Å². The number of benzene rings is 2. The molecule has 2 aromatic heterocycles. The molecule has 0 bridgehead atoms. The molecule has 0 fully saturated rings. The third-order valence-corrected chi connectivity index (χ3v) is 3.87. The number of fused-ring (bicyclic) bond motifs is 1. The lowest BCUT2D eigenvalue weighted by atomic mass is 10.0. The number of ether oxygens (including phenoxy) is 1. The normalized spacial score (nSPS) is 10.8. The van der Waals surface area contributed by atoms with Crippen molar-refractivity contribution in [1.29, 1.82) is 0 Å². The van der Waals surface area contributed by atoms with Gasteiger partial charge in [0.25, 0.3) is 0 Å². The first kappa shape index (κ1) is 15.8. The summed E-state index contributed by atoms with van der Waals surface area (Å²) in [6, 6.07) is 19.1. The second-order valence-corrected chi connectivity index (χ2v) is 5.55. The fraction of sp³-hybridized carbons (Fsp3) is 0.0526. The summed E-state index contributed by atoms with van der Waals surface area (Å²) in [5, 5.41) is 2.65. The van der Waals surface area contributed by atoms with Gasteiger partial charge in [-0.05, 0) is 11.1 Å². The van der Waals surface area contributed by atoms with Crippen LogP contribution in [0, 0.1) is 0 Å². The molecule has 26 heavy (non-hydrogen) atoms. The molecule has 2 heterocycles. The number of nitrogens with zero attached hydrogens (tertiary/aromatic N) is 3. The smallest absolute Gasteiger partial charge is 0.413 e. The van der Waals surface area contributed by atoms with Crippen molar-refractivity contribution in [3.8, 4) is 0 Å². The minimum atomic E-state index is -0.620. The largest absolute Gasteiger partial charge is 0.436 e. The van der Waals surface area contributed by atoms with E-state index in [1.54, 1.807) is 0 Å². The highest BCUT2D eigenvalue weighted by Gasteiger charge is 2.20. The molecule has 2 N–H and O–H groups in total. The van der Waals surface area contributed by atoms with Crippen molar-refractivity contribution in [3.63, 3.8) is 0 Å². The SMILES string of the molecule is O=C(Nc1ncnc2[nH]cnc12)OC(c1ccccc1)c1ccccc1. The molecular weight excluding hydrogens is 330 g/mol. The fourth-order valence-electron chi connectivity index (χ4n) is 2.67. The number of hydrogen-bond acceptors (Lipinski definition) is 5. The van der Waals surface area contributed by atoms with Crippen LogP contribution >= 0.6 is 0 Å². The molecule has 0 spiro atoms. The maximum absolute atomic E-state index is 12.5. The van der Waals surface area contributed by atoms with E-state index in [1.807, 2.05) is 60.7 Å². The van der Waals surface area contributed by atoms with Crippen LogP contribution in [-0.2, 0) is 4.74 Å². The van der Waals surface area contributed by atoms with Crippen LogP contribution in [0.4, 0.5) is 10.6 Å². The number of imidazole rings is 1. The maximum atomic E-state index is 12.5. The zero-order chi connectivity index (χ0) is 17.8. The van der Waals surface area contributed by atoms with Gasteiger partial charge in [0.05, 0.1) is 6.33 Å². The highest BCUT2D eigenvalue weighted by molar-refractivity contribution is 5.93. The number of H-pyrrole nitrogens is 1. The van der Waals surface area contributed by atoms with E-state index in [2.05, 4.69) is 25.3 Å². The van der Waals surface area contributed by atoms with E-state index < -0.39 is 12.2 Å². The average Bonchev–Trinajstić information content (AvgIpc) is 3.17. The Balaban J connectivity index is 1.59. The van der Waals surface area contributed by atoms with E-state index in [0.717, 1.165) is 11.1 Å². The molecule has 2 aromatic carbocycles. The number of carbonyl (C=O) groups excluding carboxylic acids is 1. The number of hydrogen-bond donors (Lipinski definition) is 2. The van der Waals surface area contributed by atoms with Crippen LogP contribution in [0.5, 0.6) is 0 Å². The molecule has 0 aliphatic carbocycles. The van der Waals surface area contributed by atoms with Crippen molar-refractivity contribution in [2.24, 2.45) is 0 Å². The van der Waals surface area contributed by atoms with Crippen LogP contribution in [0.15, 0.2) is 73.3 Å². The van der Waals surface area contributed by atoms with Gasteiger partial charge in [0.2, 0.25) is 0 Å². The summed E-state index contributed by atoms with van der Waals surface area (Å²) >= 11 is 0. The topological polar surface area (TPSA) is 92.8 Å². The number of nitrogens with one attached hydrogen (secondary N) is 2. The zero-order valence-electron chi connectivity index (χ0n) is 13.7. The van der Waals surface area contributed by atoms with Gasteiger partial charge in [0, 0.05) is 0 Å². The van der Waals surface area contributed by atoms with E-state index in [9.17, 15) is 4.79 Å². The number of aromatic nitrogens is 4. The minimum absolute atomic E-state index is 0.293. The van der Waals surface area contributed by atoms with E-state index in [-0.39, 0.29) is 0 Å². The van der Waals surface area contributed by atoms with Gasteiger partial charge in [-0.3, -0.25) is 5.32 Å². The number of carbonyl (C=O) groups is 1. The summed E-state index contributed by atoms with van der Waals surface area (Å²) in [6.45, 7) is 0. The zero-order valence-corrected chi connectivity index (χ0v) is 13.7. The number of anilines is 1. The monoisotopic (exact) mass is 345 g/mol. The van der Waals surface area contributed by atoms with Gasteiger partial charge in [-0.2, -0.15) is 0 Å². The predicted molar refractivity (Wildman–Crippen MR) is 96.5 cm³/mol. The number of rotatable bonds is 4. The second kappa shape index (κ2) is 7.02. The van der Waals surface area contributed by atoms with Crippen molar-refractivity contribution < 1.29 is 9.53 Å². The molecule has 0 saturated heterocycles. The molecular formula is C19H15N5O2. The van der Waals surface area contributed by atoms with Crippen molar-refractivity contribution >= 4 is 23.1 Å². The maximum Gasteiger partial charge on any atom is 0.413 e. The number of amides is 1. The summed E-state index contributed by atoms with van der Waals surface area (Å²) in [6.07, 6.45) is 1.69. The second-order valence-electron chi connectivity index (χ2n) is 5.55. The van der Waals surface area contributed by atoms with Gasteiger partial charge in [-0.15, -0.1) is 0 Å². The standard InChI is InChI=1S/C19H15N5O2/c25-19(24-18-15-17(21-11-20-15)22-12-23-18)26-16(13-7-3-1-4-8-13)14-9-5-2-6-10-14/h1-12,16H,(H2,20,21,22,23,24,25). The first-order valence-electron chi connectivity index (χ1n) is 8.03. The van der Waals surface area contributed by atoms with Gasteiger partial charge >= 0.3 is 6.09 Å². The lowest BCUT2D eigenvalue weighted by Gasteiger charge is -2.19. The fourth-order valence-corrected chi connectivity index (χ4v) is 2.67. The average molecular weight is 345 g/mol. The van der Waals surface area contributed by atoms with Crippen LogP contribution in [0.25, 0.3) is 11.2 Å². The van der Waals surface area contributed by atoms with E-state index >= 15 is 0 Å². The summed E-state index contributed by atoms with van der Waals surface area (Å²) in [5.74, 6) is 0.293. The Morgan fingerprint density at radius 2 is 1.58 bits per heavy atom. The molecule has 0 atom stereocenters. The molecule has 4 rings (SSSR count). The summed E-state index contributed by atoms with van der Waals surface area (Å²) < 4.78 is 5.70. The first-order valence-corrected chi connectivity index (χ1v) is 8.03. The highest BCUT2D eigenvalue weighted by Crippen LogP contribution is 2.26. The molecule has 1 amide bonds. The Labute approximate surface area is 149 Å². The van der Waals surface area contributed by atoms with E-state index in [0.29, 0.717) is 17.0 Å². The Hall–Kier alpha value is -3.74. The van der Waals surface area contributed by atoms with Gasteiger partial charge in [-0.1, -0.05) is 60.7 Å². The van der Waals surface area contributed by atoms with Crippen molar-refractivity contribution in [2.75, 3.05) is 5.32 Å². The van der Waals surface area contributed by atoms with E-state index in [4.69, 9.17) is 4.74 Å². The van der Waals surface area contributed by atoms with Crippen molar-refractivity contribution in [1.82, 2.24) is 19.9 Å². The molecule has 0 aliphatic heterocycles. The van der Waals surface area contributed by atoms with Crippen LogP contribution in [0.1, 0.15) is 17.2 Å². The van der Waals surface area contributed by atoms with Crippen molar-refractivity contribution in [3.05, 3.63) is 84.4 Å². The van der Waals surface area contributed by atoms with Crippen molar-refractivity contribution in [2.45, 2.75) is 6.10 Å². The number of aromatic amines is 1. The Bertz CT molecular complexity index is 978. The minimum Gasteiger partial charge on any atom is -0.436 e. The lowest BCUT2D eigenvalue weighted by Crippen LogP contribution is -2.19. The van der Waals surface area contributed by atoms with Gasteiger partial charge in [0.15, 0.2) is 23.1 Å². The predicted octanol–water partition coefficient (Wildman–Crippen LogP) is 3.69. The Morgan fingerprint density at radius 3 is 2.23 bits per heavy atom. The Kier molecular flexibility index (Phi) is 4.26. The first-order chi connectivity index (χ1) is 12.8. The molecule has 0 aliphatic rings. The van der Waals surface area contributed by atoms with Crippen LogP contribution in [-0.4, -0.2) is 26.0 Å². The van der Waals surface area contributed by atoms with Crippen LogP contribution < -0.4 is 5.32 Å². The Morgan fingerprint density at radius 1 is 0.923 bits per heavy atom. The van der Waals surface area contributed by atoms with Gasteiger partial charge < -0.3 is 9.72 Å². The molecule has 0 saturated carbocycles. The van der Waals surface area contributed by atoms with Gasteiger partial charge in [0.1, 0.15) is 6.33 Å². The summed E-state index contributed by atoms with van der Waals surface area (Å²) in [5.41, 5.74) is 2.77. The molecule has 7 nitrogen and oxygen atoms in total. The molecule has 7 heteroatoms. The molecule has 0 radical (unpaired) electrons. The molecule has 4 aromatic rings. The lowest BCUT2D eigenvalue weighted by molar-refractivity contribution is 0.131. The van der Waals surface area contributed by atoms with E-state index in [1.165, 1.54) is 12.7 Å². The van der Waals surface area contributed by atoms with Crippen LogP contribution in [0.3, 0.4) is 0 Å². The molecule has 0 unspecified atom stereocenters. The molecule has 128 valence electrons.